The van der Waals surface area contributed by atoms with E-state index in [-0.39, 0.29) is 5.41 Å². The molecular formula is C15H20. The van der Waals surface area contributed by atoms with Crippen LogP contribution in [0.4, 0.5) is 0 Å². The topological polar surface area (TPSA) is 0 Å². The Balaban J connectivity index is 3.39. The highest BCUT2D eigenvalue weighted by Crippen LogP contribution is 2.30. The quantitative estimate of drug-likeness (QED) is 0.617. The van der Waals surface area contributed by atoms with Crippen LogP contribution in [0.15, 0.2) is 37.4 Å². The molecule has 0 radical (unpaired) electrons. The minimum absolute atomic E-state index is 0.146. The highest BCUT2D eigenvalue weighted by molar-refractivity contribution is 5.74. The van der Waals surface area contributed by atoms with Crippen molar-refractivity contribution in [2.75, 3.05) is 0 Å². The van der Waals surface area contributed by atoms with Gasteiger partial charge in [0.25, 0.3) is 0 Å². The molecule has 0 nitrogen and oxygen atoms in total. The van der Waals surface area contributed by atoms with Gasteiger partial charge in [-0.3, -0.25) is 0 Å². The zero-order chi connectivity index (χ0) is 11.6. The number of allylic oxidation sites excluding steroid dienone is 2. The molecule has 0 aliphatic carbocycles. The largest absolute Gasteiger partial charge is 0.0985 e. The van der Waals surface area contributed by atoms with Gasteiger partial charge in [0.15, 0.2) is 0 Å². The van der Waals surface area contributed by atoms with Crippen molar-refractivity contribution in [1.29, 1.82) is 0 Å². The molecule has 1 aromatic carbocycles. The van der Waals surface area contributed by atoms with Crippen LogP contribution in [0.1, 0.15) is 37.5 Å². The summed E-state index contributed by atoms with van der Waals surface area (Å²) in [6.07, 6.45) is 1.82. The molecule has 0 fully saturated rings. The summed E-state index contributed by atoms with van der Waals surface area (Å²) < 4.78 is 0. The molecular weight excluding hydrogens is 180 g/mol. The summed E-state index contributed by atoms with van der Waals surface area (Å²) in [6.45, 7) is 16.6. The summed E-state index contributed by atoms with van der Waals surface area (Å²) in [5.41, 5.74) is 4.99. The molecule has 0 aliphatic heterocycles. The summed E-state index contributed by atoms with van der Waals surface area (Å²) in [7, 11) is 0. The predicted molar refractivity (Wildman–Crippen MR) is 69.1 cm³/mol. The SMILES string of the molecule is C=CC(=C)c1ccc(C)cc1C(C)(C)C. The Bertz CT molecular complexity index is 389. The number of benzene rings is 1. The smallest absolute Gasteiger partial charge is 0.0126 e. The molecule has 0 aliphatic rings. The molecule has 0 bridgehead atoms. The van der Waals surface area contributed by atoms with Crippen molar-refractivity contribution in [3.05, 3.63) is 54.1 Å². The number of hydrogen-bond acceptors (Lipinski definition) is 0. The lowest BCUT2D eigenvalue weighted by Gasteiger charge is -2.23. The Morgan fingerprint density at radius 3 is 2.33 bits per heavy atom. The Hall–Kier alpha value is -1.30. The Morgan fingerprint density at radius 2 is 1.87 bits per heavy atom. The standard InChI is InChI=1S/C15H20/c1-7-12(3)13-9-8-11(2)10-14(13)15(4,5)6/h7-10H,1,3H2,2,4-6H3. The number of aryl methyl sites for hydroxylation is 1. The Labute approximate surface area is 93.3 Å². The highest BCUT2D eigenvalue weighted by atomic mass is 14.2. The third-order valence-corrected chi connectivity index (χ3v) is 2.58. The van der Waals surface area contributed by atoms with E-state index in [1.807, 2.05) is 6.08 Å². The molecule has 0 heteroatoms. The van der Waals surface area contributed by atoms with Crippen LogP contribution in [0, 0.1) is 6.92 Å². The van der Waals surface area contributed by atoms with E-state index in [1.165, 1.54) is 16.7 Å². The van der Waals surface area contributed by atoms with E-state index in [0.29, 0.717) is 0 Å². The average Bonchev–Trinajstić information content (AvgIpc) is 2.15. The summed E-state index contributed by atoms with van der Waals surface area (Å²) in [4.78, 5) is 0. The second-order valence-electron chi connectivity index (χ2n) is 5.03. The van der Waals surface area contributed by atoms with E-state index in [2.05, 4.69) is 59.1 Å². The van der Waals surface area contributed by atoms with Crippen LogP contribution in [0.5, 0.6) is 0 Å². The van der Waals surface area contributed by atoms with Gasteiger partial charge in [0.05, 0.1) is 0 Å². The van der Waals surface area contributed by atoms with Gasteiger partial charge in [-0.25, -0.2) is 0 Å². The predicted octanol–water partition coefficient (Wildman–Crippen LogP) is 4.49. The lowest BCUT2D eigenvalue weighted by atomic mass is 9.81. The molecule has 0 aromatic heterocycles. The molecule has 0 N–H and O–H groups in total. The highest BCUT2D eigenvalue weighted by Gasteiger charge is 2.18. The van der Waals surface area contributed by atoms with Crippen LogP contribution in [0.3, 0.4) is 0 Å². The first-order valence-corrected chi connectivity index (χ1v) is 5.29. The first-order valence-electron chi connectivity index (χ1n) is 5.29. The lowest BCUT2D eigenvalue weighted by Crippen LogP contribution is -2.14. The first-order chi connectivity index (χ1) is 6.86. The van der Waals surface area contributed by atoms with Crippen molar-refractivity contribution in [2.24, 2.45) is 0 Å². The molecule has 0 spiro atoms. The molecule has 1 rings (SSSR count). The molecule has 0 atom stereocenters. The second-order valence-corrected chi connectivity index (χ2v) is 5.03. The van der Waals surface area contributed by atoms with E-state index in [9.17, 15) is 0 Å². The van der Waals surface area contributed by atoms with Crippen molar-refractivity contribution in [1.82, 2.24) is 0 Å². The third kappa shape index (κ3) is 2.59. The molecule has 15 heavy (non-hydrogen) atoms. The fourth-order valence-electron chi connectivity index (χ4n) is 1.67. The average molecular weight is 200 g/mol. The normalized spacial score (nSPS) is 11.2. The molecule has 1 aromatic rings. The molecule has 0 saturated carbocycles. The van der Waals surface area contributed by atoms with Crippen LogP contribution < -0.4 is 0 Å². The first kappa shape index (κ1) is 11.8. The van der Waals surface area contributed by atoms with Crippen LogP contribution in [-0.4, -0.2) is 0 Å². The van der Waals surface area contributed by atoms with Gasteiger partial charge in [-0.05, 0) is 29.0 Å². The van der Waals surface area contributed by atoms with E-state index in [0.717, 1.165) is 5.57 Å². The zero-order valence-electron chi connectivity index (χ0n) is 10.2. The third-order valence-electron chi connectivity index (χ3n) is 2.58. The van der Waals surface area contributed by atoms with Crippen molar-refractivity contribution in [3.63, 3.8) is 0 Å². The van der Waals surface area contributed by atoms with Crippen LogP contribution in [0.25, 0.3) is 5.57 Å². The van der Waals surface area contributed by atoms with Gasteiger partial charge in [-0.15, -0.1) is 0 Å². The molecule has 80 valence electrons. The van der Waals surface area contributed by atoms with Crippen molar-refractivity contribution in [2.45, 2.75) is 33.1 Å². The van der Waals surface area contributed by atoms with E-state index in [4.69, 9.17) is 0 Å². The van der Waals surface area contributed by atoms with Gasteiger partial charge in [0, 0.05) is 0 Å². The van der Waals surface area contributed by atoms with E-state index < -0.39 is 0 Å². The Morgan fingerprint density at radius 1 is 1.27 bits per heavy atom. The van der Waals surface area contributed by atoms with Crippen LogP contribution >= 0.6 is 0 Å². The summed E-state index contributed by atoms with van der Waals surface area (Å²) in [5.74, 6) is 0. The van der Waals surface area contributed by atoms with Crippen molar-refractivity contribution in [3.8, 4) is 0 Å². The number of rotatable bonds is 2. The zero-order valence-corrected chi connectivity index (χ0v) is 10.2. The summed E-state index contributed by atoms with van der Waals surface area (Å²) in [6, 6.07) is 6.50. The van der Waals surface area contributed by atoms with E-state index >= 15 is 0 Å². The van der Waals surface area contributed by atoms with Gasteiger partial charge in [-0.1, -0.05) is 63.8 Å². The molecule has 0 amide bonds. The van der Waals surface area contributed by atoms with Gasteiger partial charge >= 0.3 is 0 Å². The van der Waals surface area contributed by atoms with Crippen molar-refractivity contribution >= 4 is 5.57 Å². The maximum atomic E-state index is 4.03. The maximum Gasteiger partial charge on any atom is -0.0126 e. The van der Waals surface area contributed by atoms with Gasteiger partial charge in [0.2, 0.25) is 0 Å². The summed E-state index contributed by atoms with van der Waals surface area (Å²) >= 11 is 0. The monoisotopic (exact) mass is 200 g/mol. The van der Waals surface area contributed by atoms with Gasteiger partial charge in [-0.2, -0.15) is 0 Å². The second kappa shape index (κ2) is 4.06. The van der Waals surface area contributed by atoms with Gasteiger partial charge < -0.3 is 0 Å². The maximum absolute atomic E-state index is 4.03. The lowest BCUT2D eigenvalue weighted by molar-refractivity contribution is 0.588. The Kier molecular flexibility index (Phi) is 3.18. The van der Waals surface area contributed by atoms with E-state index in [1.54, 1.807) is 0 Å². The minimum Gasteiger partial charge on any atom is -0.0985 e. The molecule has 0 saturated heterocycles. The fourth-order valence-corrected chi connectivity index (χ4v) is 1.67. The van der Waals surface area contributed by atoms with Gasteiger partial charge in [0.1, 0.15) is 0 Å². The van der Waals surface area contributed by atoms with Crippen molar-refractivity contribution < 1.29 is 0 Å². The minimum atomic E-state index is 0.146. The van der Waals surface area contributed by atoms with Crippen LogP contribution in [0.2, 0.25) is 0 Å². The fraction of sp³-hybridized carbons (Fsp3) is 0.333. The molecule has 0 unspecified atom stereocenters. The molecule has 0 heterocycles. The summed E-state index contributed by atoms with van der Waals surface area (Å²) in [5, 5.41) is 0. The van der Waals surface area contributed by atoms with Crippen LogP contribution in [-0.2, 0) is 5.41 Å². The number of hydrogen-bond donors (Lipinski definition) is 0.